The van der Waals surface area contributed by atoms with Crippen molar-refractivity contribution >= 4 is 34.3 Å². The monoisotopic (exact) mass is 484 g/mol. The lowest BCUT2D eigenvalue weighted by molar-refractivity contribution is 0.102. The van der Waals surface area contributed by atoms with Gasteiger partial charge in [0, 0.05) is 54.6 Å². The zero-order valence-corrected chi connectivity index (χ0v) is 20.5. The van der Waals surface area contributed by atoms with E-state index in [4.69, 9.17) is 14.5 Å². The zero-order valence-electron chi connectivity index (χ0n) is 20.5. The molecule has 0 unspecified atom stereocenters. The van der Waals surface area contributed by atoms with Crippen LogP contribution < -0.4 is 25.0 Å². The molecule has 9 nitrogen and oxygen atoms in total. The third kappa shape index (κ3) is 4.59. The molecule has 1 saturated heterocycles. The van der Waals surface area contributed by atoms with E-state index in [-0.39, 0.29) is 5.91 Å². The fraction of sp³-hybridized carbons (Fsp3) is 0.259. The summed E-state index contributed by atoms with van der Waals surface area (Å²) in [4.78, 5) is 29.0. The number of nitrogens with one attached hydrogen (secondary N) is 2. The molecule has 1 fully saturated rings. The number of benzene rings is 2. The Morgan fingerprint density at radius 2 is 1.75 bits per heavy atom. The largest absolute Gasteiger partial charge is 0.493 e. The van der Waals surface area contributed by atoms with Gasteiger partial charge in [-0.3, -0.25) is 4.79 Å². The molecule has 1 aliphatic rings. The summed E-state index contributed by atoms with van der Waals surface area (Å²) in [6, 6.07) is 14.9. The summed E-state index contributed by atoms with van der Waals surface area (Å²) >= 11 is 0. The summed E-state index contributed by atoms with van der Waals surface area (Å²) in [6.45, 7) is 1.94. The van der Waals surface area contributed by atoms with Crippen LogP contribution in [0.15, 0.2) is 54.7 Å². The van der Waals surface area contributed by atoms with E-state index in [0.717, 1.165) is 42.7 Å². The molecule has 36 heavy (non-hydrogen) atoms. The highest BCUT2D eigenvalue weighted by Gasteiger charge is 2.17. The van der Waals surface area contributed by atoms with Gasteiger partial charge in [-0.15, -0.1) is 0 Å². The van der Waals surface area contributed by atoms with Gasteiger partial charge in [-0.25, -0.2) is 15.0 Å². The Hall–Kier alpha value is -4.40. The van der Waals surface area contributed by atoms with E-state index in [1.165, 1.54) is 0 Å². The Kier molecular flexibility index (Phi) is 6.53. The number of hydrogen-bond donors (Lipinski definition) is 2. The van der Waals surface area contributed by atoms with Crippen molar-refractivity contribution in [2.45, 2.75) is 12.8 Å². The van der Waals surface area contributed by atoms with E-state index < -0.39 is 0 Å². The number of hydrogen-bond acceptors (Lipinski definition) is 8. The molecule has 1 amide bonds. The number of carbonyl (C=O) groups excluding carboxylic acids is 1. The molecule has 0 saturated carbocycles. The lowest BCUT2D eigenvalue weighted by Crippen LogP contribution is -2.20. The van der Waals surface area contributed by atoms with Crippen LogP contribution in [0.2, 0.25) is 0 Å². The number of carbonyl (C=O) groups is 1. The molecule has 0 atom stereocenters. The Morgan fingerprint density at radius 3 is 2.50 bits per heavy atom. The number of fused-ring (bicyclic) bond motifs is 1. The van der Waals surface area contributed by atoms with Gasteiger partial charge >= 0.3 is 0 Å². The smallest absolute Gasteiger partial charge is 0.255 e. The maximum absolute atomic E-state index is 13.1. The highest BCUT2D eigenvalue weighted by Crippen LogP contribution is 2.36. The summed E-state index contributed by atoms with van der Waals surface area (Å²) in [7, 11) is 4.96. The van der Waals surface area contributed by atoms with Crippen molar-refractivity contribution in [1.29, 1.82) is 0 Å². The fourth-order valence-corrected chi connectivity index (χ4v) is 4.41. The number of pyridine rings is 1. The molecule has 9 heteroatoms. The van der Waals surface area contributed by atoms with Crippen LogP contribution in [0, 0.1) is 0 Å². The predicted molar refractivity (Wildman–Crippen MR) is 141 cm³/mol. The van der Waals surface area contributed by atoms with Crippen LogP contribution >= 0.6 is 0 Å². The van der Waals surface area contributed by atoms with Crippen LogP contribution in [0.5, 0.6) is 11.5 Å². The van der Waals surface area contributed by atoms with E-state index in [1.54, 1.807) is 33.5 Å². The molecule has 5 rings (SSSR count). The molecular weight excluding hydrogens is 456 g/mol. The second-order valence-electron chi connectivity index (χ2n) is 8.50. The summed E-state index contributed by atoms with van der Waals surface area (Å²) in [5.41, 5.74) is 3.48. The molecular formula is C27H28N6O3. The normalized spacial score (nSPS) is 13.0. The van der Waals surface area contributed by atoms with E-state index in [1.807, 2.05) is 42.5 Å². The van der Waals surface area contributed by atoms with Gasteiger partial charge in [0.1, 0.15) is 5.82 Å². The number of aromatic nitrogens is 3. The van der Waals surface area contributed by atoms with Crippen molar-refractivity contribution in [2.75, 3.05) is 49.9 Å². The van der Waals surface area contributed by atoms with Gasteiger partial charge in [0.2, 0.25) is 5.95 Å². The molecule has 4 aromatic rings. The van der Waals surface area contributed by atoms with Crippen LogP contribution in [-0.4, -0.2) is 55.2 Å². The Bertz CT molecular complexity index is 1420. The summed E-state index contributed by atoms with van der Waals surface area (Å²) in [5, 5.41) is 6.84. The van der Waals surface area contributed by atoms with Crippen molar-refractivity contribution in [3.63, 3.8) is 0 Å². The zero-order chi connectivity index (χ0) is 25.1. The standard InChI is InChI=1S/C27H28N6O3/c1-28-27-31-21-16-23(36-3)22(35-2)15-20(21)25(32-27)17-7-6-8-19(13-17)30-26(34)18-9-10-29-24(14-18)33-11-4-5-12-33/h6-10,13-16H,4-5,11-12H2,1-3H3,(H,30,34)(H,28,31,32). The predicted octanol–water partition coefficient (Wildman–Crippen LogP) is 4.60. The minimum absolute atomic E-state index is 0.190. The first-order valence-corrected chi connectivity index (χ1v) is 11.8. The summed E-state index contributed by atoms with van der Waals surface area (Å²) in [6.07, 6.45) is 3.99. The third-order valence-electron chi connectivity index (χ3n) is 6.26. The van der Waals surface area contributed by atoms with Crippen molar-refractivity contribution in [3.05, 3.63) is 60.3 Å². The van der Waals surface area contributed by atoms with E-state index >= 15 is 0 Å². The van der Waals surface area contributed by atoms with E-state index in [2.05, 4.69) is 25.5 Å². The van der Waals surface area contributed by atoms with Crippen molar-refractivity contribution < 1.29 is 14.3 Å². The summed E-state index contributed by atoms with van der Waals surface area (Å²) in [5.74, 6) is 2.30. The minimum atomic E-state index is -0.190. The third-order valence-corrected chi connectivity index (χ3v) is 6.26. The maximum Gasteiger partial charge on any atom is 0.255 e. The average Bonchev–Trinajstić information content (AvgIpc) is 3.47. The molecule has 2 aromatic heterocycles. The van der Waals surface area contributed by atoms with Gasteiger partial charge < -0.3 is 25.0 Å². The quantitative estimate of drug-likeness (QED) is 0.392. The van der Waals surface area contributed by atoms with Gasteiger partial charge in [0.25, 0.3) is 5.91 Å². The van der Waals surface area contributed by atoms with Gasteiger partial charge in [-0.1, -0.05) is 12.1 Å². The molecule has 0 spiro atoms. The van der Waals surface area contributed by atoms with Crippen molar-refractivity contribution in [3.8, 4) is 22.8 Å². The lowest BCUT2D eigenvalue weighted by Gasteiger charge is -2.17. The Balaban J connectivity index is 1.48. The average molecular weight is 485 g/mol. The molecule has 3 heterocycles. The Morgan fingerprint density at radius 1 is 0.972 bits per heavy atom. The van der Waals surface area contributed by atoms with Crippen LogP contribution in [-0.2, 0) is 0 Å². The topological polar surface area (TPSA) is 102 Å². The first-order valence-electron chi connectivity index (χ1n) is 11.8. The second kappa shape index (κ2) is 10.1. The highest BCUT2D eigenvalue weighted by molar-refractivity contribution is 6.05. The van der Waals surface area contributed by atoms with E-state index in [9.17, 15) is 4.79 Å². The molecule has 2 N–H and O–H groups in total. The van der Waals surface area contributed by atoms with Gasteiger partial charge in [0.15, 0.2) is 11.5 Å². The van der Waals surface area contributed by atoms with Crippen molar-refractivity contribution in [2.24, 2.45) is 0 Å². The molecule has 0 bridgehead atoms. The SMILES string of the molecule is CNc1nc(-c2cccc(NC(=O)c3ccnc(N4CCCC4)c3)c2)c2cc(OC)c(OC)cc2n1. The fourth-order valence-electron chi connectivity index (χ4n) is 4.41. The molecule has 1 aliphatic heterocycles. The number of nitrogens with zero attached hydrogens (tertiary/aromatic N) is 4. The lowest BCUT2D eigenvalue weighted by atomic mass is 10.0. The van der Waals surface area contributed by atoms with Crippen LogP contribution in [0.3, 0.4) is 0 Å². The first kappa shape index (κ1) is 23.3. The number of amides is 1. The van der Waals surface area contributed by atoms with Gasteiger partial charge in [0.05, 0.1) is 25.4 Å². The first-order chi connectivity index (χ1) is 17.6. The minimum Gasteiger partial charge on any atom is -0.493 e. The number of anilines is 3. The number of ether oxygens (including phenoxy) is 2. The van der Waals surface area contributed by atoms with Gasteiger partial charge in [-0.05, 0) is 43.2 Å². The van der Waals surface area contributed by atoms with Crippen LogP contribution in [0.1, 0.15) is 23.2 Å². The number of rotatable bonds is 7. The second-order valence-corrected chi connectivity index (χ2v) is 8.50. The van der Waals surface area contributed by atoms with Crippen LogP contribution in [0.25, 0.3) is 22.2 Å². The maximum atomic E-state index is 13.1. The molecule has 2 aromatic carbocycles. The highest BCUT2D eigenvalue weighted by atomic mass is 16.5. The van der Waals surface area contributed by atoms with E-state index in [0.29, 0.717) is 39.9 Å². The molecule has 0 aliphatic carbocycles. The molecule has 0 radical (unpaired) electrons. The molecule has 184 valence electrons. The van der Waals surface area contributed by atoms with Crippen LogP contribution in [0.4, 0.5) is 17.5 Å². The summed E-state index contributed by atoms with van der Waals surface area (Å²) < 4.78 is 11.0. The number of methoxy groups -OCH3 is 2. The van der Waals surface area contributed by atoms with Crippen molar-refractivity contribution in [1.82, 2.24) is 15.0 Å². The Labute approximate surface area is 209 Å². The van der Waals surface area contributed by atoms with Gasteiger partial charge in [-0.2, -0.15) is 0 Å².